The Morgan fingerprint density at radius 1 is 0.917 bits per heavy atom. The van der Waals surface area contributed by atoms with E-state index in [0.29, 0.717) is 36.1 Å². The molecular weight excluding hydrogens is 448 g/mol. The Morgan fingerprint density at radius 3 is 2.31 bits per heavy atom. The maximum absolute atomic E-state index is 13.0. The number of aryl methyl sites for hydroxylation is 1. The number of likely N-dealkylation sites (tertiary alicyclic amines) is 1. The average molecular weight is 499 g/mol. The summed E-state index contributed by atoms with van der Waals surface area (Å²) < 4.78 is 2.05. The van der Waals surface area contributed by atoms with E-state index in [1.54, 1.807) is 4.90 Å². The van der Waals surface area contributed by atoms with Crippen molar-refractivity contribution in [2.75, 3.05) is 18.9 Å². The first-order valence-corrected chi connectivity index (χ1v) is 14.8. The van der Waals surface area contributed by atoms with E-state index in [2.05, 4.69) is 47.5 Å². The van der Waals surface area contributed by atoms with E-state index in [-0.39, 0.29) is 5.92 Å². The second-order valence-electron chi connectivity index (χ2n) is 12.5. The molecule has 5 atom stereocenters. The first kappa shape index (κ1) is 25.9. The number of carbonyl (C=O) groups is 1. The molecule has 1 aliphatic heterocycles. The maximum Gasteiger partial charge on any atom is 0.223 e. The molecule has 7 nitrogen and oxygen atoms in total. The van der Waals surface area contributed by atoms with Crippen molar-refractivity contribution in [2.24, 2.45) is 24.6 Å². The van der Waals surface area contributed by atoms with Crippen LogP contribution in [0, 0.1) is 11.8 Å². The Labute approximate surface area is 218 Å². The van der Waals surface area contributed by atoms with Crippen molar-refractivity contribution in [1.29, 1.82) is 0 Å². The first-order chi connectivity index (χ1) is 17.4. The molecule has 2 heterocycles. The molecule has 5 rings (SSSR count). The van der Waals surface area contributed by atoms with Gasteiger partial charge in [0.25, 0.3) is 0 Å². The summed E-state index contributed by atoms with van der Waals surface area (Å²) >= 11 is 0. The Balaban J connectivity index is 1.02. The molecule has 0 radical (unpaired) electrons. The molecule has 0 spiro atoms. The zero-order valence-electron chi connectivity index (χ0n) is 22.6. The van der Waals surface area contributed by atoms with Gasteiger partial charge in [-0.1, -0.05) is 0 Å². The van der Waals surface area contributed by atoms with Crippen molar-refractivity contribution in [3.05, 3.63) is 24.5 Å². The highest BCUT2D eigenvalue weighted by molar-refractivity contribution is 5.79. The van der Waals surface area contributed by atoms with Crippen LogP contribution in [0.15, 0.2) is 24.5 Å². The van der Waals surface area contributed by atoms with Crippen LogP contribution in [-0.2, 0) is 11.8 Å². The molecule has 1 aromatic rings. The highest BCUT2D eigenvalue weighted by Crippen LogP contribution is 2.31. The fraction of sp³-hybridized carbons (Fsp3) is 0.793. The van der Waals surface area contributed by atoms with Gasteiger partial charge < -0.3 is 26.6 Å². The molecule has 1 amide bonds. The van der Waals surface area contributed by atoms with Crippen LogP contribution in [0.25, 0.3) is 0 Å². The minimum atomic E-state index is 0.182. The Kier molecular flexibility index (Phi) is 8.49. The summed E-state index contributed by atoms with van der Waals surface area (Å²) in [6, 6.07) is 7.48. The lowest BCUT2D eigenvalue weighted by Crippen LogP contribution is -3.16. The van der Waals surface area contributed by atoms with Crippen LogP contribution in [-0.4, -0.2) is 55.8 Å². The van der Waals surface area contributed by atoms with Crippen molar-refractivity contribution < 1.29 is 14.3 Å². The van der Waals surface area contributed by atoms with Gasteiger partial charge in [-0.3, -0.25) is 4.79 Å². The average Bonchev–Trinajstić information content (AvgIpc) is 2.88. The molecule has 4 aliphatic rings. The Hall–Kier alpha value is -1.70. The Morgan fingerprint density at radius 2 is 1.58 bits per heavy atom. The van der Waals surface area contributed by atoms with Crippen molar-refractivity contribution in [2.45, 2.75) is 113 Å². The highest BCUT2D eigenvalue weighted by Gasteiger charge is 2.43. The van der Waals surface area contributed by atoms with Crippen molar-refractivity contribution in [1.82, 2.24) is 10.6 Å². The topological polar surface area (TPSA) is 87.5 Å². The number of piperidine rings is 1. The monoisotopic (exact) mass is 498 g/mol. The fourth-order valence-corrected chi connectivity index (χ4v) is 7.64. The van der Waals surface area contributed by atoms with Gasteiger partial charge in [0.2, 0.25) is 5.91 Å². The first-order valence-electron chi connectivity index (χ1n) is 14.8. The van der Waals surface area contributed by atoms with Crippen molar-refractivity contribution >= 4 is 11.6 Å². The predicted octanol–water partition coefficient (Wildman–Crippen LogP) is 1.28. The van der Waals surface area contributed by atoms with Crippen LogP contribution in [0.2, 0.25) is 0 Å². The van der Waals surface area contributed by atoms with Crippen LogP contribution in [0.5, 0.6) is 0 Å². The summed E-state index contributed by atoms with van der Waals surface area (Å²) in [5.74, 6) is 1.21. The zero-order valence-corrected chi connectivity index (χ0v) is 22.6. The third-order valence-corrected chi connectivity index (χ3v) is 9.91. The van der Waals surface area contributed by atoms with Gasteiger partial charge in [0.05, 0.1) is 19.6 Å². The van der Waals surface area contributed by atoms with E-state index in [4.69, 9.17) is 5.73 Å². The lowest BCUT2D eigenvalue weighted by molar-refractivity contribution is -0.917. The summed E-state index contributed by atoms with van der Waals surface area (Å²) in [7, 11) is 4.42. The fourth-order valence-electron chi connectivity index (χ4n) is 7.64. The molecule has 0 aromatic carbocycles. The maximum atomic E-state index is 13.0. The van der Waals surface area contributed by atoms with E-state index in [1.807, 2.05) is 11.6 Å². The number of nitrogens with zero attached hydrogens (tertiary/aromatic N) is 1. The number of pyridine rings is 1. The second-order valence-corrected chi connectivity index (χ2v) is 12.5. The second kappa shape index (κ2) is 11.8. The largest absolute Gasteiger partial charge is 0.382 e. The van der Waals surface area contributed by atoms with Crippen LogP contribution in [0.4, 0.5) is 5.69 Å². The third-order valence-electron chi connectivity index (χ3n) is 9.91. The number of carbonyl (C=O) groups excluding carboxylic acids is 1. The number of amides is 1. The van der Waals surface area contributed by atoms with Crippen LogP contribution >= 0.6 is 0 Å². The van der Waals surface area contributed by atoms with Crippen LogP contribution in [0.1, 0.15) is 77.0 Å². The number of hydrogen-bond acceptors (Lipinski definition) is 4. The van der Waals surface area contributed by atoms with Gasteiger partial charge in [-0.2, -0.15) is 0 Å². The number of quaternary nitrogens is 1. The molecule has 6 N–H and O–H groups in total. The van der Waals surface area contributed by atoms with Gasteiger partial charge >= 0.3 is 0 Å². The number of hydrogen-bond donors (Lipinski definition) is 5. The lowest BCUT2D eigenvalue weighted by atomic mass is 9.73. The summed E-state index contributed by atoms with van der Waals surface area (Å²) in [4.78, 5) is 14.7. The summed E-state index contributed by atoms with van der Waals surface area (Å²) in [5, 5.41) is 11.2. The number of nitrogens with one attached hydrogen (secondary N) is 4. The SMILES string of the molecule is C[n+]1ccc(NC2CCC(C(=O)NC3CCC(NC4CC[NH+](C)C5CCC(N)CC45)CC3)CC2)cc1. The molecule has 1 aromatic heterocycles. The minimum Gasteiger partial charge on any atom is -0.382 e. The van der Waals surface area contributed by atoms with E-state index in [0.717, 1.165) is 50.5 Å². The molecule has 7 heteroatoms. The van der Waals surface area contributed by atoms with E-state index < -0.39 is 0 Å². The van der Waals surface area contributed by atoms with E-state index in [9.17, 15) is 4.79 Å². The highest BCUT2D eigenvalue weighted by atomic mass is 16.1. The number of fused-ring (bicyclic) bond motifs is 1. The summed E-state index contributed by atoms with van der Waals surface area (Å²) in [6.07, 6.45) is 17.8. The van der Waals surface area contributed by atoms with Gasteiger partial charge in [-0.25, -0.2) is 4.57 Å². The molecular formula is C29H50N6O+2. The number of nitrogens with two attached hydrogens (primary N) is 1. The summed E-state index contributed by atoms with van der Waals surface area (Å²) in [6.45, 7) is 1.28. The molecule has 0 bridgehead atoms. The number of anilines is 1. The molecule has 3 saturated carbocycles. The lowest BCUT2D eigenvalue weighted by Gasteiger charge is -2.47. The standard InChI is InChI=1S/C29H48N6O/c1-34-16-13-25(14-17-34)31-22-6-3-20(4-7-22)29(36)33-24-10-8-23(9-11-24)32-27-15-18-35(2)28-12-5-21(30)19-26(27)28/h13-14,16-17,20-24,26-28,32H,3-12,15,18-19,30H2,1-2H3,(H,33,36)/p+2. The van der Waals surface area contributed by atoms with E-state index >= 15 is 0 Å². The number of aromatic nitrogens is 1. The van der Waals surface area contributed by atoms with Gasteiger partial charge in [0.15, 0.2) is 12.4 Å². The molecule has 200 valence electrons. The predicted molar refractivity (Wildman–Crippen MR) is 144 cm³/mol. The molecule has 5 unspecified atom stereocenters. The summed E-state index contributed by atoms with van der Waals surface area (Å²) in [5.41, 5.74) is 7.55. The number of rotatable bonds is 6. The van der Waals surface area contributed by atoms with E-state index in [1.165, 1.54) is 50.8 Å². The van der Waals surface area contributed by atoms with Gasteiger partial charge in [0, 0.05) is 72.7 Å². The van der Waals surface area contributed by atoms with Gasteiger partial charge in [0.1, 0.15) is 7.05 Å². The van der Waals surface area contributed by atoms with Crippen LogP contribution in [0.3, 0.4) is 0 Å². The van der Waals surface area contributed by atoms with Crippen molar-refractivity contribution in [3.8, 4) is 0 Å². The van der Waals surface area contributed by atoms with Gasteiger partial charge in [-0.05, 0) is 64.2 Å². The minimum absolute atomic E-state index is 0.182. The molecule has 1 saturated heterocycles. The van der Waals surface area contributed by atoms with Gasteiger partial charge in [-0.15, -0.1) is 0 Å². The van der Waals surface area contributed by atoms with Crippen LogP contribution < -0.4 is 31.2 Å². The molecule has 3 aliphatic carbocycles. The quantitative estimate of drug-likeness (QED) is 0.383. The zero-order chi connectivity index (χ0) is 25.1. The normalized spacial score (nSPS) is 39.1. The van der Waals surface area contributed by atoms with Crippen molar-refractivity contribution in [3.63, 3.8) is 0 Å². The third kappa shape index (κ3) is 6.40. The molecule has 4 fully saturated rings. The smallest absolute Gasteiger partial charge is 0.223 e. The molecule has 36 heavy (non-hydrogen) atoms. The Bertz CT molecular complexity index is 846.